The Morgan fingerprint density at radius 2 is 2.38 bits per heavy atom. The van der Waals surface area contributed by atoms with Gasteiger partial charge < -0.3 is 4.98 Å². The highest BCUT2D eigenvalue weighted by atomic mass is 127. The number of hydrogen-bond acceptors (Lipinski definition) is 2. The summed E-state index contributed by atoms with van der Waals surface area (Å²) in [5.74, 6) is 0. The third kappa shape index (κ3) is 1.44. The van der Waals surface area contributed by atoms with E-state index in [2.05, 4.69) is 54.6 Å². The fraction of sp³-hybridized carbons (Fsp3) is 0. The van der Waals surface area contributed by atoms with E-state index >= 15 is 0 Å². The Kier molecular flexibility index (Phi) is 2.26. The fourth-order valence-corrected chi connectivity index (χ4v) is 2.15. The second-order valence-corrected chi connectivity index (χ2v) is 4.37. The van der Waals surface area contributed by atoms with Crippen LogP contribution >= 0.6 is 38.5 Å². The standard InChI is InChI=1S/C8H3BrIN3/c9-7-1-4-6(3-12-7)13-5(2-11)8(4)10/h1,3,13H. The molecular weight excluding hydrogens is 345 g/mol. The Morgan fingerprint density at radius 1 is 1.62 bits per heavy atom. The first kappa shape index (κ1) is 8.97. The molecule has 3 nitrogen and oxygen atoms in total. The first-order valence-corrected chi connectivity index (χ1v) is 5.32. The van der Waals surface area contributed by atoms with Gasteiger partial charge in [0.2, 0.25) is 0 Å². The monoisotopic (exact) mass is 347 g/mol. The van der Waals surface area contributed by atoms with Gasteiger partial charge in [-0.05, 0) is 44.6 Å². The van der Waals surface area contributed by atoms with Gasteiger partial charge in [0.1, 0.15) is 16.4 Å². The van der Waals surface area contributed by atoms with E-state index < -0.39 is 0 Å². The third-order valence-electron chi connectivity index (χ3n) is 1.70. The normalized spacial score (nSPS) is 10.2. The van der Waals surface area contributed by atoms with Crippen molar-refractivity contribution < 1.29 is 0 Å². The number of H-pyrrole nitrogens is 1. The second-order valence-electron chi connectivity index (χ2n) is 2.48. The van der Waals surface area contributed by atoms with E-state index in [1.54, 1.807) is 6.20 Å². The molecule has 0 spiro atoms. The number of rotatable bonds is 0. The molecule has 1 N–H and O–H groups in total. The highest BCUT2D eigenvalue weighted by molar-refractivity contribution is 14.1. The van der Waals surface area contributed by atoms with Crippen LogP contribution in [0.3, 0.4) is 0 Å². The van der Waals surface area contributed by atoms with Gasteiger partial charge in [-0.3, -0.25) is 0 Å². The van der Waals surface area contributed by atoms with Gasteiger partial charge in [0.15, 0.2) is 0 Å². The molecule has 2 heterocycles. The van der Waals surface area contributed by atoms with Crippen LogP contribution in [0.15, 0.2) is 16.9 Å². The molecule has 0 aliphatic rings. The van der Waals surface area contributed by atoms with Crippen LogP contribution in [0, 0.1) is 14.9 Å². The predicted octanol–water partition coefficient (Wildman–Crippen LogP) is 2.80. The molecule has 0 saturated heterocycles. The predicted molar refractivity (Wildman–Crippen MR) is 61.2 cm³/mol. The quantitative estimate of drug-likeness (QED) is 0.588. The lowest BCUT2D eigenvalue weighted by Crippen LogP contribution is -1.74. The zero-order chi connectivity index (χ0) is 9.42. The van der Waals surface area contributed by atoms with Crippen LogP contribution < -0.4 is 0 Å². The molecular formula is C8H3BrIN3. The number of aromatic amines is 1. The molecule has 0 fully saturated rings. The topological polar surface area (TPSA) is 52.5 Å². The van der Waals surface area contributed by atoms with Gasteiger partial charge in [-0.25, -0.2) is 4.98 Å². The molecule has 0 amide bonds. The van der Waals surface area contributed by atoms with Crippen molar-refractivity contribution in [1.29, 1.82) is 5.26 Å². The molecule has 0 radical (unpaired) electrons. The Morgan fingerprint density at radius 3 is 3.08 bits per heavy atom. The molecule has 0 atom stereocenters. The molecule has 2 aromatic heterocycles. The number of nitrogens with one attached hydrogen (secondary N) is 1. The fourth-order valence-electron chi connectivity index (χ4n) is 1.11. The maximum absolute atomic E-state index is 8.77. The maximum Gasteiger partial charge on any atom is 0.132 e. The van der Waals surface area contributed by atoms with Gasteiger partial charge in [0.05, 0.1) is 15.3 Å². The lowest BCUT2D eigenvalue weighted by molar-refractivity contribution is 1.28. The van der Waals surface area contributed by atoms with Crippen molar-refractivity contribution in [2.24, 2.45) is 0 Å². The third-order valence-corrected chi connectivity index (χ3v) is 3.25. The Hall–Kier alpha value is -0.610. The van der Waals surface area contributed by atoms with Crippen molar-refractivity contribution in [3.8, 4) is 6.07 Å². The molecule has 0 bridgehead atoms. The SMILES string of the molecule is N#Cc1[nH]c2cnc(Br)cc2c1I. The van der Waals surface area contributed by atoms with Gasteiger partial charge in [0.25, 0.3) is 0 Å². The van der Waals surface area contributed by atoms with Crippen LogP contribution in [0.25, 0.3) is 10.9 Å². The van der Waals surface area contributed by atoms with Crippen molar-refractivity contribution in [2.75, 3.05) is 0 Å². The highest BCUT2D eigenvalue weighted by Gasteiger charge is 2.08. The highest BCUT2D eigenvalue weighted by Crippen LogP contribution is 2.24. The number of halogens is 2. The summed E-state index contributed by atoms with van der Waals surface area (Å²) in [7, 11) is 0. The average molecular weight is 348 g/mol. The van der Waals surface area contributed by atoms with Crippen molar-refractivity contribution >= 4 is 49.4 Å². The van der Waals surface area contributed by atoms with Crippen LogP contribution in [-0.2, 0) is 0 Å². The number of fused-ring (bicyclic) bond motifs is 1. The van der Waals surface area contributed by atoms with E-state index in [0.29, 0.717) is 5.69 Å². The lowest BCUT2D eigenvalue weighted by Gasteiger charge is -1.90. The zero-order valence-electron chi connectivity index (χ0n) is 6.31. The Bertz CT molecular complexity index is 512. The summed E-state index contributed by atoms with van der Waals surface area (Å²) in [6.07, 6.45) is 1.71. The smallest absolute Gasteiger partial charge is 0.132 e. The summed E-state index contributed by atoms with van der Waals surface area (Å²) < 4.78 is 1.72. The van der Waals surface area contributed by atoms with Gasteiger partial charge in [-0.1, -0.05) is 0 Å². The average Bonchev–Trinajstić information content (AvgIpc) is 2.44. The summed E-state index contributed by atoms with van der Waals surface area (Å²) in [6.45, 7) is 0. The van der Waals surface area contributed by atoms with E-state index in [0.717, 1.165) is 19.1 Å². The summed E-state index contributed by atoms with van der Waals surface area (Å²) in [6, 6.07) is 4.00. The Balaban J connectivity index is 2.87. The van der Waals surface area contributed by atoms with E-state index in [1.807, 2.05) is 6.07 Å². The molecule has 13 heavy (non-hydrogen) atoms. The Labute approximate surface area is 96.4 Å². The molecule has 64 valence electrons. The number of nitriles is 1. The summed E-state index contributed by atoms with van der Waals surface area (Å²) >= 11 is 5.43. The molecule has 0 aromatic carbocycles. The van der Waals surface area contributed by atoms with E-state index in [1.165, 1.54) is 0 Å². The van der Waals surface area contributed by atoms with Crippen molar-refractivity contribution in [1.82, 2.24) is 9.97 Å². The van der Waals surface area contributed by atoms with Crippen molar-refractivity contribution in [2.45, 2.75) is 0 Å². The summed E-state index contributed by atoms with van der Waals surface area (Å²) in [5, 5.41) is 9.80. The van der Waals surface area contributed by atoms with Crippen LogP contribution in [0.4, 0.5) is 0 Å². The molecule has 0 saturated carbocycles. The minimum atomic E-state index is 0.593. The van der Waals surface area contributed by atoms with Crippen LogP contribution in [-0.4, -0.2) is 9.97 Å². The number of pyridine rings is 1. The van der Waals surface area contributed by atoms with E-state index in [4.69, 9.17) is 5.26 Å². The van der Waals surface area contributed by atoms with Crippen LogP contribution in [0.2, 0.25) is 0 Å². The van der Waals surface area contributed by atoms with Gasteiger partial charge >= 0.3 is 0 Å². The second kappa shape index (κ2) is 3.27. The van der Waals surface area contributed by atoms with Crippen LogP contribution in [0.1, 0.15) is 5.69 Å². The van der Waals surface area contributed by atoms with E-state index in [9.17, 15) is 0 Å². The molecule has 2 rings (SSSR count). The number of aromatic nitrogens is 2. The molecule has 0 aliphatic heterocycles. The van der Waals surface area contributed by atoms with Gasteiger partial charge in [0, 0.05) is 5.39 Å². The minimum Gasteiger partial charge on any atom is -0.344 e. The van der Waals surface area contributed by atoms with Crippen molar-refractivity contribution in [3.63, 3.8) is 0 Å². The first-order valence-electron chi connectivity index (χ1n) is 3.45. The minimum absolute atomic E-state index is 0.593. The number of hydrogen-bond donors (Lipinski definition) is 1. The van der Waals surface area contributed by atoms with Gasteiger partial charge in [-0.15, -0.1) is 0 Å². The molecule has 2 aromatic rings. The molecule has 5 heteroatoms. The summed E-state index contributed by atoms with van der Waals surface area (Å²) in [5.41, 5.74) is 1.49. The lowest BCUT2D eigenvalue weighted by atomic mass is 10.3. The number of nitrogens with zero attached hydrogens (tertiary/aromatic N) is 2. The first-order chi connectivity index (χ1) is 6.22. The van der Waals surface area contributed by atoms with Crippen LogP contribution in [0.5, 0.6) is 0 Å². The van der Waals surface area contributed by atoms with Gasteiger partial charge in [-0.2, -0.15) is 5.26 Å². The summed E-state index contributed by atoms with van der Waals surface area (Å²) in [4.78, 5) is 7.06. The van der Waals surface area contributed by atoms with Crippen molar-refractivity contribution in [3.05, 3.63) is 26.1 Å². The van der Waals surface area contributed by atoms with E-state index in [-0.39, 0.29) is 0 Å². The largest absolute Gasteiger partial charge is 0.344 e. The molecule has 0 aliphatic carbocycles. The maximum atomic E-state index is 8.77. The molecule has 0 unspecified atom stereocenters. The zero-order valence-corrected chi connectivity index (χ0v) is 10.0.